The topological polar surface area (TPSA) is 38.3 Å². The number of hydroxylamine groups is 1. The SMILES string of the molecule is CCONC(=O)c1cc(C)cc(F)c1. The molecule has 0 aromatic heterocycles. The van der Waals surface area contributed by atoms with Crippen LogP contribution >= 0.6 is 0 Å². The summed E-state index contributed by atoms with van der Waals surface area (Å²) in [5.74, 6) is -0.860. The second-order valence-corrected chi connectivity index (χ2v) is 2.88. The summed E-state index contributed by atoms with van der Waals surface area (Å²) in [6.07, 6.45) is 0. The van der Waals surface area contributed by atoms with Crippen LogP contribution in [0.1, 0.15) is 22.8 Å². The van der Waals surface area contributed by atoms with E-state index in [1.807, 2.05) is 0 Å². The van der Waals surface area contributed by atoms with Gasteiger partial charge >= 0.3 is 0 Å². The van der Waals surface area contributed by atoms with Gasteiger partial charge in [-0.15, -0.1) is 0 Å². The molecule has 14 heavy (non-hydrogen) atoms. The second kappa shape index (κ2) is 4.72. The normalized spacial score (nSPS) is 9.93. The van der Waals surface area contributed by atoms with Crippen LogP contribution in [0.3, 0.4) is 0 Å². The monoisotopic (exact) mass is 197 g/mol. The molecule has 0 fully saturated rings. The number of hydrogen-bond donors (Lipinski definition) is 1. The second-order valence-electron chi connectivity index (χ2n) is 2.88. The molecule has 4 heteroatoms. The number of amides is 1. The van der Waals surface area contributed by atoms with Gasteiger partial charge in [0.25, 0.3) is 5.91 Å². The van der Waals surface area contributed by atoms with Crippen molar-refractivity contribution in [3.8, 4) is 0 Å². The number of carbonyl (C=O) groups is 1. The molecule has 0 heterocycles. The smallest absolute Gasteiger partial charge is 0.274 e. The summed E-state index contributed by atoms with van der Waals surface area (Å²) < 4.78 is 12.9. The maximum Gasteiger partial charge on any atom is 0.274 e. The van der Waals surface area contributed by atoms with Gasteiger partial charge in [-0.25, -0.2) is 9.87 Å². The number of rotatable bonds is 3. The summed E-state index contributed by atoms with van der Waals surface area (Å²) >= 11 is 0. The predicted octanol–water partition coefficient (Wildman–Crippen LogP) is 1.82. The minimum atomic E-state index is -0.436. The van der Waals surface area contributed by atoms with Crippen molar-refractivity contribution >= 4 is 5.91 Å². The number of halogens is 1. The number of carbonyl (C=O) groups excluding carboxylic acids is 1. The Kier molecular flexibility index (Phi) is 3.59. The van der Waals surface area contributed by atoms with E-state index in [0.29, 0.717) is 12.2 Å². The lowest BCUT2D eigenvalue weighted by Crippen LogP contribution is -2.23. The highest BCUT2D eigenvalue weighted by atomic mass is 19.1. The van der Waals surface area contributed by atoms with E-state index < -0.39 is 11.7 Å². The van der Waals surface area contributed by atoms with Crippen molar-refractivity contribution < 1.29 is 14.0 Å². The van der Waals surface area contributed by atoms with Gasteiger partial charge in [0.2, 0.25) is 0 Å². The standard InChI is InChI=1S/C10H12FNO2/c1-3-14-12-10(13)8-4-7(2)5-9(11)6-8/h4-6H,3H2,1-2H3,(H,12,13). The van der Waals surface area contributed by atoms with Crippen LogP contribution in [0.15, 0.2) is 18.2 Å². The fraction of sp³-hybridized carbons (Fsp3) is 0.300. The van der Waals surface area contributed by atoms with E-state index in [1.54, 1.807) is 19.9 Å². The zero-order chi connectivity index (χ0) is 10.6. The third-order valence-corrected chi connectivity index (χ3v) is 1.61. The largest absolute Gasteiger partial charge is 0.274 e. The third kappa shape index (κ3) is 2.81. The van der Waals surface area contributed by atoms with Crippen molar-refractivity contribution in [2.24, 2.45) is 0 Å². The average Bonchev–Trinajstić information content (AvgIpc) is 2.12. The van der Waals surface area contributed by atoms with Crippen molar-refractivity contribution in [3.05, 3.63) is 35.1 Å². The van der Waals surface area contributed by atoms with Crippen LogP contribution in [0.2, 0.25) is 0 Å². The Morgan fingerprint density at radius 2 is 2.21 bits per heavy atom. The van der Waals surface area contributed by atoms with Crippen LogP contribution in [0, 0.1) is 12.7 Å². The highest BCUT2D eigenvalue weighted by Gasteiger charge is 2.06. The van der Waals surface area contributed by atoms with Gasteiger partial charge in [0, 0.05) is 5.56 Å². The van der Waals surface area contributed by atoms with E-state index in [0.717, 1.165) is 0 Å². The first kappa shape index (κ1) is 10.7. The Morgan fingerprint density at radius 3 is 2.79 bits per heavy atom. The van der Waals surface area contributed by atoms with Crippen molar-refractivity contribution in [1.29, 1.82) is 0 Å². The Morgan fingerprint density at radius 1 is 1.50 bits per heavy atom. The van der Waals surface area contributed by atoms with E-state index in [9.17, 15) is 9.18 Å². The lowest BCUT2D eigenvalue weighted by Gasteiger charge is -2.04. The van der Waals surface area contributed by atoms with Crippen LogP contribution < -0.4 is 5.48 Å². The third-order valence-electron chi connectivity index (χ3n) is 1.61. The van der Waals surface area contributed by atoms with E-state index in [2.05, 4.69) is 5.48 Å². The summed E-state index contributed by atoms with van der Waals surface area (Å²) in [6, 6.07) is 4.12. The van der Waals surface area contributed by atoms with E-state index in [4.69, 9.17) is 4.84 Å². The lowest BCUT2D eigenvalue weighted by molar-refractivity contribution is 0.0364. The van der Waals surface area contributed by atoms with Crippen molar-refractivity contribution in [2.45, 2.75) is 13.8 Å². The molecule has 3 nitrogen and oxygen atoms in total. The zero-order valence-corrected chi connectivity index (χ0v) is 8.13. The fourth-order valence-corrected chi connectivity index (χ4v) is 1.06. The molecule has 1 aromatic rings. The molecule has 1 N–H and O–H groups in total. The molecule has 0 aliphatic rings. The van der Waals surface area contributed by atoms with Gasteiger partial charge in [-0.1, -0.05) is 0 Å². The van der Waals surface area contributed by atoms with Gasteiger partial charge in [0.05, 0.1) is 6.61 Å². The van der Waals surface area contributed by atoms with Gasteiger partial charge in [-0.05, 0) is 37.6 Å². The molecule has 0 aliphatic carbocycles. The predicted molar refractivity (Wildman–Crippen MR) is 50.2 cm³/mol. The van der Waals surface area contributed by atoms with Crippen molar-refractivity contribution in [1.82, 2.24) is 5.48 Å². The van der Waals surface area contributed by atoms with Gasteiger partial charge in [-0.2, -0.15) is 0 Å². The Balaban J connectivity index is 2.79. The number of hydrogen-bond acceptors (Lipinski definition) is 2. The quantitative estimate of drug-likeness (QED) is 0.750. The maximum absolute atomic E-state index is 12.9. The van der Waals surface area contributed by atoms with Crippen LogP contribution in [-0.2, 0) is 4.84 Å². The molecular formula is C10H12FNO2. The molecule has 1 amide bonds. The summed E-state index contributed by atoms with van der Waals surface area (Å²) in [4.78, 5) is 16.0. The molecule has 0 saturated carbocycles. The molecule has 1 rings (SSSR count). The minimum Gasteiger partial charge on any atom is -0.274 e. The first-order chi connectivity index (χ1) is 6.63. The Labute approximate surface area is 81.8 Å². The zero-order valence-electron chi connectivity index (χ0n) is 8.13. The molecule has 1 aromatic carbocycles. The summed E-state index contributed by atoms with van der Waals surface area (Å²) in [5.41, 5.74) is 3.16. The van der Waals surface area contributed by atoms with Crippen molar-refractivity contribution in [3.63, 3.8) is 0 Å². The molecule has 76 valence electrons. The molecule has 0 bridgehead atoms. The molecule has 0 radical (unpaired) electrons. The maximum atomic E-state index is 12.9. The minimum absolute atomic E-state index is 0.260. The molecular weight excluding hydrogens is 185 g/mol. The molecule has 0 unspecified atom stereocenters. The highest BCUT2D eigenvalue weighted by Crippen LogP contribution is 2.07. The van der Waals surface area contributed by atoms with E-state index >= 15 is 0 Å². The number of nitrogens with one attached hydrogen (secondary N) is 1. The van der Waals surface area contributed by atoms with Gasteiger partial charge in [0.15, 0.2) is 0 Å². The lowest BCUT2D eigenvalue weighted by atomic mass is 10.1. The first-order valence-electron chi connectivity index (χ1n) is 4.33. The van der Waals surface area contributed by atoms with Crippen LogP contribution in [0.5, 0.6) is 0 Å². The number of benzene rings is 1. The average molecular weight is 197 g/mol. The molecule has 0 saturated heterocycles. The van der Waals surface area contributed by atoms with Crippen LogP contribution in [0.25, 0.3) is 0 Å². The van der Waals surface area contributed by atoms with Crippen LogP contribution in [-0.4, -0.2) is 12.5 Å². The van der Waals surface area contributed by atoms with Gasteiger partial charge in [0.1, 0.15) is 5.82 Å². The van der Waals surface area contributed by atoms with Gasteiger partial charge in [-0.3, -0.25) is 9.63 Å². The molecule has 0 atom stereocenters. The van der Waals surface area contributed by atoms with E-state index in [-0.39, 0.29) is 5.56 Å². The summed E-state index contributed by atoms with van der Waals surface area (Å²) in [7, 11) is 0. The molecule has 0 spiro atoms. The highest BCUT2D eigenvalue weighted by molar-refractivity contribution is 5.93. The summed E-state index contributed by atoms with van der Waals surface area (Å²) in [5, 5.41) is 0. The van der Waals surface area contributed by atoms with Crippen LogP contribution in [0.4, 0.5) is 4.39 Å². The summed E-state index contributed by atoms with van der Waals surface area (Å²) in [6.45, 7) is 3.84. The van der Waals surface area contributed by atoms with Crippen molar-refractivity contribution in [2.75, 3.05) is 6.61 Å². The van der Waals surface area contributed by atoms with E-state index in [1.165, 1.54) is 12.1 Å². The Bertz CT molecular complexity index is 319. The van der Waals surface area contributed by atoms with Gasteiger partial charge < -0.3 is 0 Å². The Hall–Kier alpha value is -1.42. The first-order valence-corrected chi connectivity index (χ1v) is 4.33. The molecule has 0 aliphatic heterocycles. The number of aryl methyl sites for hydroxylation is 1. The fourth-order valence-electron chi connectivity index (χ4n) is 1.06.